The second-order valence-corrected chi connectivity index (χ2v) is 4.37. The summed E-state index contributed by atoms with van der Waals surface area (Å²) in [7, 11) is 3.65. The first-order valence-corrected chi connectivity index (χ1v) is 5.79. The van der Waals surface area contributed by atoms with Gasteiger partial charge in [0.15, 0.2) is 0 Å². The summed E-state index contributed by atoms with van der Waals surface area (Å²) in [5.74, 6) is -0.195. The lowest BCUT2D eigenvalue weighted by Gasteiger charge is -2.21. The zero-order valence-electron chi connectivity index (χ0n) is 10.5. The molecule has 1 rings (SSSR count). The van der Waals surface area contributed by atoms with Gasteiger partial charge in [0, 0.05) is 32.8 Å². The van der Waals surface area contributed by atoms with Crippen LogP contribution in [0.5, 0.6) is 0 Å². The second-order valence-electron chi connectivity index (χ2n) is 4.37. The molecule has 0 radical (unpaired) electrons. The molecule has 0 amide bonds. The van der Waals surface area contributed by atoms with Crippen molar-refractivity contribution in [2.24, 2.45) is 5.73 Å². The van der Waals surface area contributed by atoms with E-state index in [2.05, 4.69) is 4.90 Å². The molecule has 1 aromatic carbocycles. The minimum Gasteiger partial charge on any atom is -0.385 e. The Kier molecular flexibility index (Phi) is 6.11. The van der Waals surface area contributed by atoms with Gasteiger partial charge in [0.05, 0.1) is 0 Å². The highest BCUT2D eigenvalue weighted by Crippen LogP contribution is 2.06. The summed E-state index contributed by atoms with van der Waals surface area (Å²) >= 11 is 0. The van der Waals surface area contributed by atoms with Crippen LogP contribution >= 0.6 is 0 Å². The summed E-state index contributed by atoms with van der Waals surface area (Å²) < 4.78 is 18.0. The fraction of sp³-hybridized carbons (Fsp3) is 0.538. The number of likely N-dealkylation sites (N-methyl/N-ethyl adjacent to an activating group) is 1. The van der Waals surface area contributed by atoms with Crippen LogP contribution in [-0.4, -0.2) is 38.3 Å². The zero-order chi connectivity index (χ0) is 12.7. The number of ether oxygens (including phenoxy) is 1. The molecular formula is C13H21FN2O. The maximum atomic E-state index is 13.0. The number of rotatable bonds is 7. The topological polar surface area (TPSA) is 38.5 Å². The van der Waals surface area contributed by atoms with E-state index in [1.807, 2.05) is 13.1 Å². The zero-order valence-corrected chi connectivity index (χ0v) is 10.5. The van der Waals surface area contributed by atoms with Crippen LogP contribution in [0.4, 0.5) is 4.39 Å². The number of hydrogen-bond donors (Lipinski definition) is 1. The summed E-state index contributed by atoms with van der Waals surface area (Å²) in [6.07, 6.45) is 0.837. The summed E-state index contributed by atoms with van der Waals surface area (Å²) in [5.41, 5.74) is 6.91. The van der Waals surface area contributed by atoms with E-state index in [0.717, 1.165) is 18.5 Å². The molecule has 1 atom stereocenters. The van der Waals surface area contributed by atoms with Crippen molar-refractivity contribution in [1.82, 2.24) is 4.90 Å². The Morgan fingerprint density at radius 1 is 1.47 bits per heavy atom. The van der Waals surface area contributed by atoms with Crippen LogP contribution in [0.25, 0.3) is 0 Å². The average Bonchev–Trinajstić information content (AvgIpc) is 2.26. The molecule has 0 saturated carbocycles. The minimum atomic E-state index is -0.195. The molecule has 0 bridgehead atoms. The predicted octanol–water partition coefficient (Wildman–Crippen LogP) is 1.62. The average molecular weight is 240 g/mol. The summed E-state index contributed by atoms with van der Waals surface area (Å²) in [4.78, 5) is 2.09. The van der Waals surface area contributed by atoms with E-state index in [1.165, 1.54) is 6.07 Å². The molecule has 0 aliphatic heterocycles. The van der Waals surface area contributed by atoms with Gasteiger partial charge in [0.2, 0.25) is 0 Å². The first-order chi connectivity index (χ1) is 8.11. The number of benzene rings is 1. The SMILES string of the molecule is COCCC(N)CN(C)Cc1cccc(F)c1. The van der Waals surface area contributed by atoms with Crippen molar-refractivity contribution in [3.05, 3.63) is 35.6 Å². The van der Waals surface area contributed by atoms with Crippen molar-refractivity contribution in [3.8, 4) is 0 Å². The van der Waals surface area contributed by atoms with Crippen LogP contribution < -0.4 is 5.73 Å². The lowest BCUT2D eigenvalue weighted by atomic mass is 10.2. The van der Waals surface area contributed by atoms with Crippen LogP contribution in [0.2, 0.25) is 0 Å². The lowest BCUT2D eigenvalue weighted by molar-refractivity contribution is 0.179. The van der Waals surface area contributed by atoms with Crippen molar-refractivity contribution in [3.63, 3.8) is 0 Å². The van der Waals surface area contributed by atoms with Crippen molar-refractivity contribution in [2.45, 2.75) is 19.0 Å². The van der Waals surface area contributed by atoms with Crippen LogP contribution in [0.3, 0.4) is 0 Å². The number of nitrogens with two attached hydrogens (primary N) is 1. The summed E-state index contributed by atoms with van der Waals surface area (Å²) in [5, 5.41) is 0. The molecule has 17 heavy (non-hydrogen) atoms. The van der Waals surface area contributed by atoms with Gasteiger partial charge >= 0.3 is 0 Å². The van der Waals surface area contributed by atoms with E-state index in [9.17, 15) is 4.39 Å². The summed E-state index contributed by atoms with van der Waals surface area (Å²) in [6.45, 7) is 2.16. The molecule has 0 spiro atoms. The van der Waals surface area contributed by atoms with E-state index in [1.54, 1.807) is 19.2 Å². The molecule has 1 aromatic rings. The quantitative estimate of drug-likeness (QED) is 0.787. The largest absolute Gasteiger partial charge is 0.385 e. The highest BCUT2D eigenvalue weighted by Gasteiger charge is 2.07. The maximum absolute atomic E-state index is 13.0. The van der Waals surface area contributed by atoms with Crippen LogP contribution in [0, 0.1) is 5.82 Å². The third-order valence-electron chi connectivity index (χ3n) is 2.58. The standard InChI is InChI=1S/C13H21FN2O/c1-16(10-13(15)6-7-17-2)9-11-4-3-5-12(14)8-11/h3-5,8,13H,6-7,9-10,15H2,1-2H3. The maximum Gasteiger partial charge on any atom is 0.123 e. The van der Waals surface area contributed by atoms with Crippen LogP contribution in [-0.2, 0) is 11.3 Å². The van der Waals surface area contributed by atoms with Gasteiger partial charge in [-0.1, -0.05) is 12.1 Å². The molecule has 0 saturated heterocycles. The molecule has 0 aliphatic carbocycles. The smallest absolute Gasteiger partial charge is 0.123 e. The lowest BCUT2D eigenvalue weighted by Crippen LogP contribution is -2.35. The van der Waals surface area contributed by atoms with E-state index in [0.29, 0.717) is 13.2 Å². The molecule has 3 nitrogen and oxygen atoms in total. The minimum absolute atomic E-state index is 0.0912. The van der Waals surface area contributed by atoms with Crippen molar-refractivity contribution in [1.29, 1.82) is 0 Å². The van der Waals surface area contributed by atoms with Gasteiger partial charge < -0.3 is 15.4 Å². The summed E-state index contributed by atoms with van der Waals surface area (Å²) in [6, 6.07) is 6.74. The molecule has 1 unspecified atom stereocenters. The number of nitrogens with zero attached hydrogens (tertiary/aromatic N) is 1. The number of hydrogen-bond acceptors (Lipinski definition) is 3. The van der Waals surface area contributed by atoms with Gasteiger partial charge in [-0.05, 0) is 31.2 Å². The van der Waals surface area contributed by atoms with Gasteiger partial charge in [-0.3, -0.25) is 0 Å². The van der Waals surface area contributed by atoms with Gasteiger partial charge in [-0.2, -0.15) is 0 Å². The Bertz CT molecular complexity index is 333. The monoisotopic (exact) mass is 240 g/mol. The molecule has 96 valence electrons. The van der Waals surface area contributed by atoms with E-state index >= 15 is 0 Å². The van der Waals surface area contributed by atoms with Gasteiger partial charge in [-0.15, -0.1) is 0 Å². The van der Waals surface area contributed by atoms with Gasteiger partial charge in [-0.25, -0.2) is 4.39 Å². The van der Waals surface area contributed by atoms with Crippen molar-refractivity contribution >= 4 is 0 Å². The predicted molar refractivity (Wildman–Crippen MR) is 67.2 cm³/mol. The first kappa shape index (κ1) is 14.1. The van der Waals surface area contributed by atoms with Crippen molar-refractivity contribution in [2.75, 3.05) is 27.3 Å². The molecule has 0 aromatic heterocycles. The molecule has 4 heteroatoms. The Morgan fingerprint density at radius 2 is 2.24 bits per heavy atom. The highest BCUT2D eigenvalue weighted by molar-refractivity contribution is 5.16. The Morgan fingerprint density at radius 3 is 2.88 bits per heavy atom. The fourth-order valence-electron chi connectivity index (χ4n) is 1.77. The highest BCUT2D eigenvalue weighted by atomic mass is 19.1. The van der Waals surface area contributed by atoms with Gasteiger partial charge in [0.25, 0.3) is 0 Å². The molecule has 0 aliphatic rings. The molecule has 0 fully saturated rings. The van der Waals surface area contributed by atoms with E-state index in [-0.39, 0.29) is 11.9 Å². The normalized spacial score (nSPS) is 13.0. The first-order valence-electron chi connectivity index (χ1n) is 5.79. The number of methoxy groups -OCH3 is 1. The Balaban J connectivity index is 2.36. The van der Waals surface area contributed by atoms with Crippen LogP contribution in [0.15, 0.2) is 24.3 Å². The third-order valence-corrected chi connectivity index (χ3v) is 2.58. The van der Waals surface area contributed by atoms with E-state index in [4.69, 9.17) is 10.5 Å². The molecule has 2 N–H and O–H groups in total. The Labute approximate surface area is 102 Å². The second kappa shape index (κ2) is 7.37. The number of halogens is 1. The Hall–Kier alpha value is -0.970. The van der Waals surface area contributed by atoms with Crippen molar-refractivity contribution < 1.29 is 9.13 Å². The molecular weight excluding hydrogens is 219 g/mol. The van der Waals surface area contributed by atoms with E-state index < -0.39 is 0 Å². The fourth-order valence-corrected chi connectivity index (χ4v) is 1.77. The third kappa shape index (κ3) is 5.77. The van der Waals surface area contributed by atoms with Gasteiger partial charge in [0.1, 0.15) is 5.82 Å². The van der Waals surface area contributed by atoms with Crippen LogP contribution in [0.1, 0.15) is 12.0 Å². The molecule has 0 heterocycles.